The summed E-state index contributed by atoms with van der Waals surface area (Å²) in [7, 11) is -3.49. The minimum atomic E-state index is -4.50. The molecule has 0 saturated carbocycles. The summed E-state index contributed by atoms with van der Waals surface area (Å²) in [5, 5.41) is 3.57. The molecule has 1 saturated heterocycles. The van der Waals surface area contributed by atoms with Crippen LogP contribution in [0.4, 0.5) is 23.8 Å². The van der Waals surface area contributed by atoms with Crippen LogP contribution in [0.25, 0.3) is 0 Å². The maximum Gasteiger partial charge on any atom is 0.417 e. The van der Waals surface area contributed by atoms with Gasteiger partial charge in [-0.2, -0.15) is 17.9 Å². The number of halogens is 4. The fourth-order valence-corrected chi connectivity index (χ4v) is 3.86. The summed E-state index contributed by atoms with van der Waals surface area (Å²) in [6.07, 6.45) is -2.14. The summed E-state index contributed by atoms with van der Waals surface area (Å²) < 4.78 is 64.1. The molecule has 0 atom stereocenters. The molecule has 164 valence electrons. The van der Waals surface area contributed by atoms with E-state index in [-0.39, 0.29) is 10.8 Å². The number of hydrogen-bond acceptors (Lipinski definition) is 5. The molecule has 1 aromatic carbocycles. The minimum Gasteiger partial charge on any atom is -0.320 e. The van der Waals surface area contributed by atoms with Gasteiger partial charge in [-0.3, -0.25) is 9.62 Å². The van der Waals surface area contributed by atoms with Gasteiger partial charge in [-0.05, 0) is 17.7 Å². The Labute approximate surface area is 176 Å². The summed E-state index contributed by atoms with van der Waals surface area (Å²) in [5.41, 5.74) is -0.219. The van der Waals surface area contributed by atoms with Crippen molar-refractivity contribution >= 4 is 33.5 Å². The average Bonchev–Trinajstić information content (AvgIpc) is 3.07. The predicted molar refractivity (Wildman–Crippen MR) is 105 cm³/mol. The Morgan fingerprint density at radius 3 is 2.43 bits per heavy atom. The number of sulfonamides is 1. The first kappa shape index (κ1) is 22.4. The molecule has 0 aliphatic carbocycles. The fraction of sp³-hybridized carbons (Fsp3) is 0.412. The first-order valence-corrected chi connectivity index (χ1v) is 11.1. The first-order valence-electron chi connectivity index (χ1n) is 8.83. The summed E-state index contributed by atoms with van der Waals surface area (Å²) in [5.74, 6) is 0.0451. The van der Waals surface area contributed by atoms with Gasteiger partial charge in [-0.25, -0.2) is 13.2 Å². The van der Waals surface area contributed by atoms with E-state index in [0.29, 0.717) is 38.3 Å². The highest BCUT2D eigenvalue weighted by atomic mass is 35.5. The molecule has 2 heterocycles. The van der Waals surface area contributed by atoms with Crippen LogP contribution in [0.2, 0.25) is 5.02 Å². The highest BCUT2D eigenvalue weighted by molar-refractivity contribution is 7.92. The third-order valence-corrected chi connectivity index (χ3v) is 5.36. The zero-order chi connectivity index (χ0) is 22.1. The van der Waals surface area contributed by atoms with Crippen LogP contribution in [-0.4, -0.2) is 66.5 Å². The molecule has 0 radical (unpaired) electrons. The molecule has 1 amide bonds. The maximum absolute atomic E-state index is 12.8. The van der Waals surface area contributed by atoms with Crippen molar-refractivity contribution in [1.82, 2.24) is 19.6 Å². The van der Waals surface area contributed by atoms with Gasteiger partial charge in [0.15, 0.2) is 5.82 Å². The van der Waals surface area contributed by atoms with E-state index < -0.39 is 27.8 Å². The quantitative estimate of drug-likeness (QED) is 0.750. The molecule has 1 aliphatic heterocycles. The number of nitrogens with zero attached hydrogens (tertiary/aromatic N) is 4. The van der Waals surface area contributed by atoms with Gasteiger partial charge in [-0.15, -0.1) is 5.10 Å². The Morgan fingerprint density at radius 2 is 1.87 bits per heavy atom. The van der Waals surface area contributed by atoms with E-state index in [0.717, 1.165) is 17.0 Å². The Morgan fingerprint density at radius 1 is 1.20 bits per heavy atom. The predicted octanol–water partition coefficient (Wildman–Crippen LogP) is 2.71. The van der Waals surface area contributed by atoms with Crippen molar-refractivity contribution in [2.75, 3.05) is 37.2 Å². The molecule has 30 heavy (non-hydrogen) atoms. The van der Waals surface area contributed by atoms with Gasteiger partial charge in [0.1, 0.15) is 0 Å². The largest absolute Gasteiger partial charge is 0.417 e. The lowest BCUT2D eigenvalue weighted by molar-refractivity contribution is -0.137. The number of benzene rings is 1. The van der Waals surface area contributed by atoms with Crippen molar-refractivity contribution < 1.29 is 26.4 Å². The van der Waals surface area contributed by atoms with Crippen LogP contribution in [-0.2, 0) is 22.7 Å². The summed E-state index contributed by atoms with van der Waals surface area (Å²) in [6.45, 7) is 2.22. The second-order valence-electron chi connectivity index (χ2n) is 6.88. The van der Waals surface area contributed by atoms with Crippen LogP contribution in [0.5, 0.6) is 0 Å². The standard InChI is InChI=1S/C17H19ClF3N5O3S/c1-30(28,29)23-15-4-5-26(22-15)16(27)25-8-6-24(7-9-25)11-12-2-3-13(14(18)10-12)17(19,20)21/h2-5,10H,6-9,11H2,1H3,(H,22,23). The van der Waals surface area contributed by atoms with Gasteiger partial charge in [0.2, 0.25) is 10.0 Å². The van der Waals surface area contributed by atoms with Gasteiger partial charge >= 0.3 is 12.2 Å². The molecule has 0 bridgehead atoms. The number of amides is 1. The maximum atomic E-state index is 12.8. The Hall–Kier alpha value is -2.31. The number of rotatable bonds is 4. The third-order valence-electron chi connectivity index (χ3n) is 4.46. The molecule has 3 rings (SSSR count). The highest BCUT2D eigenvalue weighted by Gasteiger charge is 2.33. The second-order valence-corrected chi connectivity index (χ2v) is 9.03. The Balaban J connectivity index is 1.56. The van der Waals surface area contributed by atoms with Crippen molar-refractivity contribution in [3.8, 4) is 0 Å². The molecule has 1 N–H and O–H groups in total. The molecular weight excluding hydrogens is 447 g/mol. The average molecular weight is 466 g/mol. The number of piperazine rings is 1. The van der Waals surface area contributed by atoms with Crippen LogP contribution in [0, 0.1) is 0 Å². The van der Waals surface area contributed by atoms with E-state index in [4.69, 9.17) is 11.6 Å². The van der Waals surface area contributed by atoms with Crippen molar-refractivity contribution in [2.45, 2.75) is 12.7 Å². The normalized spacial score (nSPS) is 16.0. The lowest BCUT2D eigenvalue weighted by Crippen LogP contribution is -2.49. The second kappa shape index (κ2) is 8.44. The SMILES string of the molecule is CS(=O)(=O)Nc1ccn(C(=O)N2CCN(Cc3ccc(C(F)(F)F)c(Cl)c3)CC2)n1. The van der Waals surface area contributed by atoms with Gasteiger partial charge in [-0.1, -0.05) is 17.7 Å². The summed E-state index contributed by atoms with van der Waals surface area (Å²) >= 11 is 5.76. The summed E-state index contributed by atoms with van der Waals surface area (Å²) in [4.78, 5) is 16.1. The lowest BCUT2D eigenvalue weighted by Gasteiger charge is -2.34. The minimum absolute atomic E-state index is 0.0451. The molecule has 0 unspecified atom stereocenters. The van der Waals surface area contributed by atoms with Crippen LogP contribution in [0.1, 0.15) is 11.1 Å². The third kappa shape index (κ3) is 5.64. The molecule has 8 nitrogen and oxygen atoms in total. The zero-order valence-electron chi connectivity index (χ0n) is 15.9. The van der Waals surface area contributed by atoms with Crippen LogP contribution in [0.15, 0.2) is 30.5 Å². The Bertz CT molecular complexity index is 1030. The number of carbonyl (C=O) groups excluding carboxylic acids is 1. The van der Waals surface area contributed by atoms with Crippen molar-refractivity contribution in [3.63, 3.8) is 0 Å². The Kier molecular flexibility index (Phi) is 6.29. The highest BCUT2D eigenvalue weighted by Crippen LogP contribution is 2.35. The smallest absolute Gasteiger partial charge is 0.320 e. The van der Waals surface area contributed by atoms with Crippen molar-refractivity contribution in [1.29, 1.82) is 0 Å². The first-order chi connectivity index (χ1) is 13.9. The lowest BCUT2D eigenvalue weighted by atomic mass is 10.1. The zero-order valence-corrected chi connectivity index (χ0v) is 17.4. The molecule has 2 aromatic rings. The van der Waals surface area contributed by atoms with E-state index >= 15 is 0 Å². The number of alkyl halides is 3. The van der Waals surface area contributed by atoms with Crippen LogP contribution >= 0.6 is 11.6 Å². The molecule has 1 aliphatic rings. The fourth-order valence-electron chi connectivity index (χ4n) is 3.06. The topological polar surface area (TPSA) is 87.5 Å². The summed E-state index contributed by atoms with van der Waals surface area (Å²) in [6, 6.07) is 4.66. The molecule has 13 heteroatoms. The van der Waals surface area contributed by atoms with Crippen molar-refractivity contribution in [2.24, 2.45) is 0 Å². The van der Waals surface area contributed by atoms with E-state index in [9.17, 15) is 26.4 Å². The number of carbonyl (C=O) groups is 1. The molecule has 0 spiro atoms. The van der Waals surface area contributed by atoms with E-state index in [2.05, 4.69) is 9.82 Å². The van der Waals surface area contributed by atoms with Gasteiger partial charge < -0.3 is 4.90 Å². The van der Waals surface area contributed by atoms with Gasteiger partial charge in [0.25, 0.3) is 0 Å². The van der Waals surface area contributed by atoms with Crippen LogP contribution in [0.3, 0.4) is 0 Å². The number of aromatic nitrogens is 2. The van der Waals surface area contributed by atoms with Crippen LogP contribution < -0.4 is 4.72 Å². The number of hydrogen-bond donors (Lipinski definition) is 1. The van der Waals surface area contributed by atoms with E-state index in [1.165, 1.54) is 24.4 Å². The van der Waals surface area contributed by atoms with Gasteiger partial charge in [0.05, 0.1) is 16.8 Å². The van der Waals surface area contributed by atoms with E-state index in [1.54, 1.807) is 4.90 Å². The van der Waals surface area contributed by atoms with Crippen molar-refractivity contribution in [3.05, 3.63) is 46.6 Å². The van der Waals surface area contributed by atoms with Gasteiger partial charge in [0, 0.05) is 45.0 Å². The number of nitrogens with one attached hydrogen (secondary N) is 1. The van der Waals surface area contributed by atoms with E-state index in [1.807, 2.05) is 4.90 Å². The number of anilines is 1. The molecular formula is C17H19ClF3N5O3S. The monoisotopic (exact) mass is 465 g/mol. The molecule has 1 aromatic heterocycles. The molecule has 1 fully saturated rings.